The smallest absolute Gasteiger partial charge is 0.303 e. The number of aromatic nitrogens is 2. The van der Waals surface area contributed by atoms with Gasteiger partial charge in [-0.3, -0.25) is 14.2 Å². The SMILES string of the molecule is Cn1cc(/C=C/C(=O)c2ccc(-c3ccc(F)cc3)s2)c(=O)n(C)c1=O. The van der Waals surface area contributed by atoms with E-state index < -0.39 is 11.2 Å². The van der Waals surface area contributed by atoms with Crippen LogP contribution in [-0.4, -0.2) is 14.9 Å². The van der Waals surface area contributed by atoms with E-state index in [1.54, 1.807) is 24.3 Å². The van der Waals surface area contributed by atoms with Crippen molar-refractivity contribution in [1.82, 2.24) is 9.13 Å². The summed E-state index contributed by atoms with van der Waals surface area (Å²) in [6, 6.07) is 9.52. The highest BCUT2D eigenvalue weighted by atomic mass is 32.1. The van der Waals surface area contributed by atoms with Crippen LogP contribution in [0.4, 0.5) is 4.39 Å². The molecule has 0 saturated heterocycles. The van der Waals surface area contributed by atoms with Crippen molar-refractivity contribution < 1.29 is 9.18 Å². The van der Waals surface area contributed by atoms with Gasteiger partial charge in [-0.25, -0.2) is 9.18 Å². The summed E-state index contributed by atoms with van der Waals surface area (Å²) in [5.74, 6) is -0.567. The minimum atomic E-state index is -0.463. The zero-order valence-electron chi connectivity index (χ0n) is 14.1. The van der Waals surface area contributed by atoms with Crippen molar-refractivity contribution in [3.63, 3.8) is 0 Å². The van der Waals surface area contributed by atoms with Gasteiger partial charge in [-0.15, -0.1) is 11.3 Å². The van der Waals surface area contributed by atoms with E-state index in [1.807, 2.05) is 0 Å². The normalized spacial score (nSPS) is 11.2. The molecule has 26 heavy (non-hydrogen) atoms. The molecule has 0 aliphatic heterocycles. The molecule has 0 aliphatic rings. The summed E-state index contributed by atoms with van der Waals surface area (Å²) in [6.45, 7) is 0. The maximum Gasteiger partial charge on any atom is 0.330 e. The molecule has 0 spiro atoms. The monoisotopic (exact) mass is 370 g/mol. The number of aryl methyl sites for hydroxylation is 1. The molecule has 3 rings (SSSR count). The summed E-state index contributed by atoms with van der Waals surface area (Å²) in [5.41, 5.74) is 0.181. The predicted molar refractivity (Wildman–Crippen MR) is 100 cm³/mol. The number of allylic oxidation sites excluding steroid dienone is 1. The molecule has 0 unspecified atom stereocenters. The van der Waals surface area contributed by atoms with Crippen LogP contribution in [-0.2, 0) is 14.1 Å². The molecule has 0 fully saturated rings. The Hall–Kier alpha value is -3.06. The highest BCUT2D eigenvalue weighted by Gasteiger charge is 2.09. The van der Waals surface area contributed by atoms with E-state index in [1.165, 1.54) is 60.5 Å². The zero-order chi connectivity index (χ0) is 18.8. The quantitative estimate of drug-likeness (QED) is 0.524. The number of carbonyl (C=O) groups is 1. The molecule has 0 radical (unpaired) electrons. The molecule has 0 aliphatic carbocycles. The average molecular weight is 370 g/mol. The van der Waals surface area contributed by atoms with E-state index in [4.69, 9.17) is 0 Å². The van der Waals surface area contributed by atoms with E-state index >= 15 is 0 Å². The van der Waals surface area contributed by atoms with Crippen LogP contribution < -0.4 is 11.2 Å². The molecule has 5 nitrogen and oxygen atoms in total. The fourth-order valence-corrected chi connectivity index (χ4v) is 3.37. The van der Waals surface area contributed by atoms with Crippen LogP contribution >= 0.6 is 11.3 Å². The third kappa shape index (κ3) is 3.48. The molecule has 0 amide bonds. The molecule has 0 bridgehead atoms. The van der Waals surface area contributed by atoms with Gasteiger partial charge in [-0.05, 0) is 42.0 Å². The first-order valence-corrected chi connectivity index (χ1v) is 8.53. The Labute approximate surface area is 152 Å². The predicted octanol–water partition coefficient (Wildman–Crippen LogP) is 2.85. The molecular weight excluding hydrogens is 355 g/mol. The first-order valence-electron chi connectivity index (χ1n) is 7.71. The molecule has 132 valence electrons. The van der Waals surface area contributed by atoms with Crippen LogP contribution in [0.5, 0.6) is 0 Å². The van der Waals surface area contributed by atoms with Gasteiger partial charge in [0.1, 0.15) is 5.82 Å². The van der Waals surface area contributed by atoms with Crippen LogP contribution in [0.1, 0.15) is 15.2 Å². The molecule has 1 aromatic carbocycles. The van der Waals surface area contributed by atoms with Gasteiger partial charge in [0.15, 0.2) is 5.78 Å². The van der Waals surface area contributed by atoms with Crippen molar-refractivity contribution in [2.24, 2.45) is 14.1 Å². The first-order chi connectivity index (χ1) is 12.4. The molecule has 7 heteroatoms. The summed E-state index contributed by atoms with van der Waals surface area (Å²) in [5, 5.41) is 0. The number of ketones is 1. The van der Waals surface area contributed by atoms with Gasteiger partial charge in [-0.2, -0.15) is 0 Å². The van der Waals surface area contributed by atoms with E-state index in [0.717, 1.165) is 15.0 Å². The maximum atomic E-state index is 13.0. The topological polar surface area (TPSA) is 61.1 Å². The number of benzene rings is 1. The Bertz CT molecular complexity index is 1120. The van der Waals surface area contributed by atoms with Crippen molar-refractivity contribution in [2.75, 3.05) is 0 Å². The van der Waals surface area contributed by atoms with Crippen molar-refractivity contribution in [3.05, 3.63) is 85.8 Å². The average Bonchev–Trinajstić information content (AvgIpc) is 3.12. The number of hydrogen-bond acceptors (Lipinski definition) is 4. The third-order valence-corrected chi connectivity index (χ3v) is 5.01. The fraction of sp³-hybridized carbons (Fsp3) is 0.105. The summed E-state index contributed by atoms with van der Waals surface area (Å²) in [6.07, 6.45) is 4.11. The first kappa shape index (κ1) is 17.8. The fourth-order valence-electron chi connectivity index (χ4n) is 2.44. The van der Waals surface area contributed by atoms with Crippen molar-refractivity contribution in [2.45, 2.75) is 0 Å². The molecule has 2 aromatic heterocycles. The van der Waals surface area contributed by atoms with Crippen LogP contribution in [0, 0.1) is 5.82 Å². The van der Waals surface area contributed by atoms with Crippen LogP contribution in [0.3, 0.4) is 0 Å². The van der Waals surface area contributed by atoms with Gasteiger partial charge in [0.2, 0.25) is 0 Å². The summed E-state index contributed by atoms with van der Waals surface area (Å²) in [4.78, 5) is 37.4. The van der Waals surface area contributed by atoms with Crippen LogP contribution in [0.2, 0.25) is 0 Å². The highest BCUT2D eigenvalue weighted by Crippen LogP contribution is 2.28. The number of hydrogen-bond donors (Lipinski definition) is 0. The van der Waals surface area contributed by atoms with Gasteiger partial charge >= 0.3 is 5.69 Å². The van der Waals surface area contributed by atoms with Gasteiger partial charge < -0.3 is 4.57 Å². The minimum absolute atomic E-state index is 0.248. The largest absolute Gasteiger partial charge is 0.330 e. The second kappa shape index (κ2) is 7.05. The van der Waals surface area contributed by atoms with Gasteiger partial charge in [-0.1, -0.05) is 12.1 Å². The second-order valence-electron chi connectivity index (χ2n) is 5.71. The lowest BCUT2D eigenvalue weighted by molar-refractivity contribution is 0.105. The third-order valence-electron chi connectivity index (χ3n) is 3.86. The van der Waals surface area contributed by atoms with Gasteiger partial charge in [0, 0.05) is 25.2 Å². The van der Waals surface area contributed by atoms with Gasteiger partial charge in [0.25, 0.3) is 5.56 Å². The lowest BCUT2D eigenvalue weighted by Crippen LogP contribution is -2.37. The number of nitrogens with zero attached hydrogens (tertiary/aromatic N) is 2. The van der Waals surface area contributed by atoms with Gasteiger partial charge in [0.05, 0.1) is 10.4 Å². The summed E-state index contributed by atoms with van der Waals surface area (Å²) >= 11 is 1.29. The Morgan fingerprint density at radius 3 is 2.46 bits per heavy atom. The van der Waals surface area contributed by atoms with Crippen molar-refractivity contribution >= 4 is 23.2 Å². The molecule has 0 saturated carbocycles. The molecule has 0 N–H and O–H groups in total. The Kier molecular flexibility index (Phi) is 4.81. The second-order valence-corrected chi connectivity index (χ2v) is 6.79. The Morgan fingerprint density at radius 1 is 1.08 bits per heavy atom. The van der Waals surface area contributed by atoms with Crippen LogP contribution in [0.25, 0.3) is 16.5 Å². The molecule has 3 aromatic rings. The lowest BCUT2D eigenvalue weighted by atomic mass is 10.2. The van der Waals surface area contributed by atoms with Crippen molar-refractivity contribution in [3.8, 4) is 10.4 Å². The molecular formula is C19H15FN2O3S. The van der Waals surface area contributed by atoms with E-state index in [0.29, 0.717) is 4.88 Å². The maximum absolute atomic E-state index is 13.0. The Morgan fingerprint density at radius 2 is 1.77 bits per heavy atom. The lowest BCUT2D eigenvalue weighted by Gasteiger charge is -2.02. The standard InChI is InChI=1S/C19H15FN2O3S/c1-21-11-13(18(24)22(2)19(21)25)5-8-15(23)17-10-9-16(26-17)12-3-6-14(20)7-4-12/h3-11H,1-2H3/b8-5+. The summed E-state index contributed by atoms with van der Waals surface area (Å²) < 4.78 is 15.3. The number of thiophene rings is 1. The molecule has 0 atom stereocenters. The number of rotatable bonds is 4. The Balaban J connectivity index is 1.85. The number of carbonyl (C=O) groups excluding carboxylic acids is 1. The molecule has 2 heterocycles. The minimum Gasteiger partial charge on any atom is -0.303 e. The highest BCUT2D eigenvalue weighted by molar-refractivity contribution is 7.17. The van der Waals surface area contributed by atoms with Crippen molar-refractivity contribution in [1.29, 1.82) is 0 Å². The summed E-state index contributed by atoms with van der Waals surface area (Å²) in [7, 11) is 2.92. The van der Waals surface area contributed by atoms with E-state index in [-0.39, 0.29) is 17.2 Å². The number of halogens is 1. The zero-order valence-corrected chi connectivity index (χ0v) is 14.9. The van der Waals surface area contributed by atoms with Crippen LogP contribution in [0.15, 0.2) is 58.3 Å². The van der Waals surface area contributed by atoms with E-state index in [9.17, 15) is 18.8 Å². The van der Waals surface area contributed by atoms with E-state index in [2.05, 4.69) is 0 Å².